The number of nitrogens with zero attached hydrogens (tertiary/aromatic N) is 3. The van der Waals surface area contributed by atoms with E-state index in [1.165, 1.54) is 12.3 Å². The van der Waals surface area contributed by atoms with Crippen molar-refractivity contribution in [3.8, 4) is 0 Å². The summed E-state index contributed by atoms with van der Waals surface area (Å²) in [5, 5.41) is 19.6. The lowest BCUT2D eigenvalue weighted by molar-refractivity contribution is -0.389. The molecule has 6 nitrogen and oxygen atoms in total. The van der Waals surface area contributed by atoms with Crippen LogP contribution in [-0.2, 0) is 0 Å². The summed E-state index contributed by atoms with van der Waals surface area (Å²) in [7, 11) is 0. The second-order valence-electron chi connectivity index (χ2n) is 3.80. The van der Waals surface area contributed by atoms with Crippen molar-refractivity contribution in [1.82, 2.24) is 4.98 Å². The molecule has 2 rings (SSSR count). The van der Waals surface area contributed by atoms with E-state index in [4.69, 9.17) is 0 Å². The van der Waals surface area contributed by atoms with E-state index in [0.29, 0.717) is 0 Å². The van der Waals surface area contributed by atoms with Crippen molar-refractivity contribution >= 4 is 11.5 Å². The van der Waals surface area contributed by atoms with Gasteiger partial charge in [0.1, 0.15) is 0 Å². The van der Waals surface area contributed by atoms with Crippen molar-refractivity contribution in [2.75, 3.05) is 18.1 Å². The third-order valence-corrected chi connectivity index (χ3v) is 2.84. The van der Waals surface area contributed by atoms with E-state index in [1.54, 1.807) is 6.07 Å². The van der Waals surface area contributed by atoms with Gasteiger partial charge in [0.25, 0.3) is 0 Å². The highest BCUT2D eigenvalue weighted by atomic mass is 16.6. The highest BCUT2D eigenvalue weighted by Gasteiger charge is 2.25. The minimum Gasteiger partial charge on any atom is -0.394 e. The Morgan fingerprint density at radius 1 is 1.62 bits per heavy atom. The van der Waals surface area contributed by atoms with Gasteiger partial charge in [-0.25, -0.2) is 0 Å². The zero-order valence-corrected chi connectivity index (χ0v) is 8.74. The highest BCUT2D eigenvalue weighted by molar-refractivity contribution is 5.48. The number of aromatic nitrogens is 1. The van der Waals surface area contributed by atoms with E-state index in [-0.39, 0.29) is 18.5 Å². The highest BCUT2D eigenvalue weighted by Crippen LogP contribution is 2.25. The first kappa shape index (κ1) is 10.8. The Hall–Kier alpha value is -1.69. The number of pyridine rings is 1. The van der Waals surface area contributed by atoms with E-state index in [2.05, 4.69) is 4.98 Å². The monoisotopic (exact) mass is 223 g/mol. The molecule has 0 unspecified atom stereocenters. The van der Waals surface area contributed by atoms with Gasteiger partial charge in [-0.3, -0.25) is 0 Å². The maximum absolute atomic E-state index is 10.4. The third kappa shape index (κ3) is 1.96. The Kier molecular flexibility index (Phi) is 3.00. The molecule has 1 N–H and O–H groups in total. The van der Waals surface area contributed by atoms with Gasteiger partial charge in [-0.15, -0.1) is 0 Å². The third-order valence-electron chi connectivity index (χ3n) is 2.84. The molecule has 2 heterocycles. The van der Waals surface area contributed by atoms with Crippen molar-refractivity contribution < 1.29 is 10.0 Å². The Balaban J connectivity index is 2.18. The Morgan fingerprint density at radius 3 is 3.00 bits per heavy atom. The molecule has 1 aliphatic heterocycles. The van der Waals surface area contributed by atoms with E-state index in [0.717, 1.165) is 25.1 Å². The maximum Gasteiger partial charge on any atom is 0.363 e. The van der Waals surface area contributed by atoms with Crippen LogP contribution < -0.4 is 4.90 Å². The average Bonchev–Trinajstić information content (AvgIpc) is 2.77. The predicted octanol–water partition coefficient (Wildman–Crippen LogP) is 0.951. The molecule has 6 heteroatoms. The van der Waals surface area contributed by atoms with Gasteiger partial charge < -0.3 is 20.1 Å². The normalized spacial score (nSPS) is 20.1. The van der Waals surface area contributed by atoms with E-state index >= 15 is 0 Å². The largest absolute Gasteiger partial charge is 0.394 e. The number of anilines is 1. The van der Waals surface area contributed by atoms with E-state index in [9.17, 15) is 15.2 Å². The molecule has 0 aliphatic carbocycles. The number of aliphatic hydroxyl groups excluding tert-OH is 1. The molecular formula is C10H13N3O3. The van der Waals surface area contributed by atoms with Crippen LogP contribution in [0.5, 0.6) is 0 Å². The molecule has 1 aromatic rings. The van der Waals surface area contributed by atoms with Crippen LogP contribution in [0.3, 0.4) is 0 Å². The number of rotatable bonds is 3. The lowest BCUT2D eigenvalue weighted by Crippen LogP contribution is -2.32. The van der Waals surface area contributed by atoms with Crippen LogP contribution >= 0.6 is 0 Å². The fraction of sp³-hybridized carbons (Fsp3) is 0.500. The molecule has 1 aromatic heterocycles. The first-order chi connectivity index (χ1) is 7.72. The van der Waals surface area contributed by atoms with Gasteiger partial charge in [0, 0.05) is 12.6 Å². The molecule has 0 spiro atoms. The molecule has 1 aliphatic rings. The van der Waals surface area contributed by atoms with E-state index in [1.807, 2.05) is 4.90 Å². The van der Waals surface area contributed by atoms with Gasteiger partial charge in [-0.05, 0) is 28.8 Å². The molecule has 16 heavy (non-hydrogen) atoms. The Bertz CT molecular complexity index is 379. The summed E-state index contributed by atoms with van der Waals surface area (Å²) in [5.74, 6) is -0.150. The molecule has 0 saturated carbocycles. The number of hydrogen-bond donors (Lipinski definition) is 1. The van der Waals surface area contributed by atoms with Crippen LogP contribution in [-0.4, -0.2) is 34.2 Å². The smallest absolute Gasteiger partial charge is 0.363 e. The minimum atomic E-state index is -0.517. The lowest BCUT2D eigenvalue weighted by Gasteiger charge is -2.23. The van der Waals surface area contributed by atoms with Crippen LogP contribution in [0.2, 0.25) is 0 Å². The second kappa shape index (κ2) is 4.44. The number of aliphatic hydroxyl groups is 1. The molecule has 0 bridgehead atoms. The average molecular weight is 223 g/mol. The van der Waals surface area contributed by atoms with Gasteiger partial charge in [0.05, 0.1) is 18.3 Å². The van der Waals surface area contributed by atoms with Crippen molar-refractivity contribution in [1.29, 1.82) is 0 Å². The molecule has 0 amide bonds. The first-order valence-corrected chi connectivity index (χ1v) is 5.20. The van der Waals surface area contributed by atoms with Crippen molar-refractivity contribution in [3.05, 3.63) is 28.4 Å². The van der Waals surface area contributed by atoms with E-state index < -0.39 is 4.92 Å². The van der Waals surface area contributed by atoms with Gasteiger partial charge in [0.15, 0.2) is 6.20 Å². The van der Waals surface area contributed by atoms with Crippen LogP contribution in [0.25, 0.3) is 0 Å². The molecule has 0 radical (unpaired) electrons. The fourth-order valence-corrected chi connectivity index (χ4v) is 2.02. The lowest BCUT2D eigenvalue weighted by atomic mass is 10.2. The van der Waals surface area contributed by atoms with Gasteiger partial charge >= 0.3 is 5.82 Å². The Labute approximate surface area is 92.7 Å². The molecule has 86 valence electrons. The standard InChI is InChI=1S/C10H13N3O3/c14-7-9-2-1-5-12(9)8-3-4-10(11-6-8)13(15)16/h3-4,6,9,14H,1-2,5,7H2/t9-/m0/s1. The second-order valence-corrected chi connectivity index (χ2v) is 3.80. The summed E-state index contributed by atoms with van der Waals surface area (Å²) in [6, 6.07) is 3.18. The SMILES string of the molecule is O=[N+]([O-])c1ccc(N2CCC[C@H]2CO)cn1. The maximum atomic E-state index is 10.4. The van der Waals surface area contributed by atoms with Crippen molar-refractivity contribution in [3.63, 3.8) is 0 Å². The van der Waals surface area contributed by atoms with Crippen LogP contribution in [0.4, 0.5) is 11.5 Å². The fourth-order valence-electron chi connectivity index (χ4n) is 2.02. The summed E-state index contributed by atoms with van der Waals surface area (Å²) in [6.45, 7) is 0.974. The first-order valence-electron chi connectivity index (χ1n) is 5.20. The predicted molar refractivity (Wildman–Crippen MR) is 58.3 cm³/mol. The number of hydrogen-bond acceptors (Lipinski definition) is 5. The van der Waals surface area contributed by atoms with Crippen LogP contribution in [0.1, 0.15) is 12.8 Å². The summed E-state index contributed by atoms with van der Waals surface area (Å²) in [6.07, 6.45) is 3.47. The van der Waals surface area contributed by atoms with Gasteiger partial charge in [-0.2, -0.15) is 0 Å². The quantitative estimate of drug-likeness (QED) is 0.609. The Morgan fingerprint density at radius 2 is 2.44 bits per heavy atom. The van der Waals surface area contributed by atoms with Crippen LogP contribution in [0, 0.1) is 10.1 Å². The molecular weight excluding hydrogens is 210 g/mol. The number of nitro groups is 1. The molecule has 1 atom stereocenters. The zero-order chi connectivity index (χ0) is 11.5. The summed E-state index contributed by atoms with van der Waals surface area (Å²) < 4.78 is 0. The summed E-state index contributed by atoms with van der Waals surface area (Å²) in [5.41, 5.74) is 0.835. The zero-order valence-electron chi connectivity index (χ0n) is 8.74. The molecule has 1 saturated heterocycles. The molecule has 1 fully saturated rings. The topological polar surface area (TPSA) is 79.5 Å². The van der Waals surface area contributed by atoms with Crippen LogP contribution in [0.15, 0.2) is 18.3 Å². The van der Waals surface area contributed by atoms with Crippen molar-refractivity contribution in [2.24, 2.45) is 0 Å². The van der Waals surface area contributed by atoms with Crippen molar-refractivity contribution in [2.45, 2.75) is 18.9 Å². The minimum absolute atomic E-state index is 0.108. The summed E-state index contributed by atoms with van der Waals surface area (Å²) in [4.78, 5) is 15.7. The summed E-state index contributed by atoms with van der Waals surface area (Å²) >= 11 is 0. The van der Waals surface area contributed by atoms with Gasteiger partial charge in [-0.1, -0.05) is 0 Å². The molecule has 0 aromatic carbocycles. The van der Waals surface area contributed by atoms with Gasteiger partial charge in [0.2, 0.25) is 0 Å².